The third-order valence-corrected chi connectivity index (χ3v) is 8.09. The zero-order valence-corrected chi connectivity index (χ0v) is 12.7. The molecule has 0 saturated heterocycles. The zero-order valence-electron chi connectivity index (χ0n) is 10.1. The molecule has 0 bridgehead atoms. The topological polar surface area (TPSA) is 20.2 Å². The van der Waals surface area contributed by atoms with E-state index in [1.807, 2.05) is 0 Å². The van der Waals surface area contributed by atoms with Crippen molar-refractivity contribution in [2.45, 2.75) is 57.3 Å². The normalized spacial score (nSPS) is 16.7. The summed E-state index contributed by atoms with van der Waals surface area (Å²) in [7, 11) is -1.14. The molecule has 0 radical (unpaired) electrons. The van der Waals surface area contributed by atoms with Gasteiger partial charge in [0.1, 0.15) is 0 Å². The van der Waals surface area contributed by atoms with Crippen LogP contribution in [0.1, 0.15) is 32.6 Å². The van der Waals surface area contributed by atoms with Crippen LogP contribution < -0.4 is 0 Å². The molecular weight excluding hydrogens is 256 g/mol. The first kappa shape index (κ1) is 14.7. The first-order valence-electron chi connectivity index (χ1n) is 5.60. The summed E-state index contributed by atoms with van der Waals surface area (Å²) in [5.74, 6) is 0. The molecule has 3 heteroatoms. The lowest BCUT2D eigenvalue weighted by molar-refractivity contribution is 0.270. The van der Waals surface area contributed by atoms with Crippen molar-refractivity contribution in [2.75, 3.05) is 11.9 Å². The lowest BCUT2D eigenvalue weighted by atomic mass is 9.96. The van der Waals surface area contributed by atoms with E-state index in [1.165, 1.54) is 19.3 Å². The molecule has 1 atom stereocenters. The largest absolute Gasteiger partial charge is 0.396 e. The third kappa shape index (κ3) is 3.67. The van der Waals surface area contributed by atoms with Gasteiger partial charge < -0.3 is 5.11 Å². The third-order valence-electron chi connectivity index (χ3n) is 3.65. The highest BCUT2D eigenvalue weighted by Gasteiger charge is 2.40. The minimum Gasteiger partial charge on any atom is -0.396 e. The summed E-state index contributed by atoms with van der Waals surface area (Å²) >= 11 is 3.57. The number of hydrogen-bond donors (Lipinski definition) is 1. The lowest BCUT2D eigenvalue weighted by Crippen LogP contribution is -2.39. The minimum atomic E-state index is -1.14. The predicted octanol–water partition coefficient (Wildman–Crippen LogP) is 4.03. The van der Waals surface area contributed by atoms with Crippen LogP contribution >= 0.6 is 15.9 Å². The summed E-state index contributed by atoms with van der Waals surface area (Å²) in [6, 6.07) is 0. The van der Waals surface area contributed by atoms with Crippen molar-refractivity contribution in [1.82, 2.24) is 0 Å². The number of alkyl halides is 1. The van der Waals surface area contributed by atoms with E-state index in [0.29, 0.717) is 11.6 Å². The Balaban J connectivity index is 4.60. The highest BCUT2D eigenvalue weighted by atomic mass is 79.9. The average molecular weight is 281 g/mol. The number of rotatable bonds is 7. The Bertz CT molecular complexity index is 156. The maximum Gasteiger partial charge on any atom is 0.0505 e. The van der Waals surface area contributed by atoms with E-state index in [9.17, 15) is 0 Å². The van der Waals surface area contributed by atoms with Crippen LogP contribution in [-0.2, 0) is 0 Å². The van der Waals surface area contributed by atoms with Gasteiger partial charge in [0.25, 0.3) is 0 Å². The highest BCUT2D eigenvalue weighted by Crippen LogP contribution is 2.49. The summed E-state index contributed by atoms with van der Waals surface area (Å²) in [6.45, 7) is 10.0. The van der Waals surface area contributed by atoms with E-state index in [4.69, 9.17) is 5.11 Å². The maximum absolute atomic E-state index is 8.96. The van der Waals surface area contributed by atoms with Crippen molar-refractivity contribution in [3.05, 3.63) is 0 Å². The van der Waals surface area contributed by atoms with Gasteiger partial charge in [0, 0.05) is 11.9 Å². The van der Waals surface area contributed by atoms with Crippen LogP contribution in [0.4, 0.5) is 0 Å². The molecule has 0 rings (SSSR count). The molecule has 14 heavy (non-hydrogen) atoms. The van der Waals surface area contributed by atoms with Crippen LogP contribution in [0.25, 0.3) is 0 Å². The van der Waals surface area contributed by atoms with Gasteiger partial charge in [0.15, 0.2) is 0 Å². The fourth-order valence-electron chi connectivity index (χ4n) is 2.36. The van der Waals surface area contributed by atoms with E-state index in [-0.39, 0.29) is 0 Å². The van der Waals surface area contributed by atoms with Gasteiger partial charge in [0.05, 0.1) is 8.07 Å². The van der Waals surface area contributed by atoms with Crippen LogP contribution in [0.15, 0.2) is 0 Å². The second-order valence-electron chi connectivity index (χ2n) is 5.15. The van der Waals surface area contributed by atoms with Crippen LogP contribution in [0.5, 0.6) is 0 Å². The standard InChI is InChI=1S/C11H25BrOSi/c1-5-11(8-9-12,7-6-10-13)14(2,3)4/h13H,5-10H2,1-4H3. The van der Waals surface area contributed by atoms with Crippen molar-refractivity contribution < 1.29 is 5.11 Å². The molecule has 1 N–H and O–H groups in total. The van der Waals surface area contributed by atoms with Gasteiger partial charge in [-0.25, -0.2) is 0 Å². The number of aliphatic hydroxyl groups excluding tert-OH is 1. The highest BCUT2D eigenvalue weighted by molar-refractivity contribution is 9.09. The Hall–Kier alpha value is 0.657. The van der Waals surface area contributed by atoms with Crippen LogP contribution in [0.2, 0.25) is 24.7 Å². The first-order valence-corrected chi connectivity index (χ1v) is 10.2. The molecule has 0 aliphatic carbocycles. The van der Waals surface area contributed by atoms with E-state index in [0.717, 1.165) is 11.8 Å². The van der Waals surface area contributed by atoms with Gasteiger partial charge in [-0.2, -0.15) is 0 Å². The van der Waals surface area contributed by atoms with Gasteiger partial charge in [-0.05, 0) is 24.3 Å². The second kappa shape index (κ2) is 6.29. The molecule has 0 aromatic rings. The Morgan fingerprint density at radius 1 is 1.21 bits per heavy atom. The SMILES string of the molecule is CCC(CCBr)(CCCO)[Si](C)(C)C. The van der Waals surface area contributed by atoms with Crippen LogP contribution in [0.3, 0.4) is 0 Å². The molecule has 0 fully saturated rings. The fourth-order valence-corrected chi connectivity index (χ4v) is 6.34. The molecule has 0 saturated carbocycles. The summed E-state index contributed by atoms with van der Waals surface area (Å²) in [4.78, 5) is 0. The van der Waals surface area contributed by atoms with E-state index < -0.39 is 8.07 Å². The van der Waals surface area contributed by atoms with Crippen molar-refractivity contribution in [3.63, 3.8) is 0 Å². The Morgan fingerprint density at radius 2 is 1.79 bits per heavy atom. The zero-order chi connectivity index (χ0) is 11.2. The smallest absolute Gasteiger partial charge is 0.0505 e. The molecule has 0 spiro atoms. The lowest BCUT2D eigenvalue weighted by Gasteiger charge is -2.43. The van der Waals surface area contributed by atoms with Crippen molar-refractivity contribution >= 4 is 24.0 Å². The van der Waals surface area contributed by atoms with Gasteiger partial charge in [-0.15, -0.1) is 0 Å². The van der Waals surface area contributed by atoms with Crippen molar-refractivity contribution in [2.24, 2.45) is 0 Å². The molecule has 0 aliphatic heterocycles. The van der Waals surface area contributed by atoms with E-state index in [2.05, 4.69) is 42.5 Å². The van der Waals surface area contributed by atoms with Gasteiger partial charge in [-0.1, -0.05) is 48.9 Å². The monoisotopic (exact) mass is 280 g/mol. The molecule has 1 unspecified atom stereocenters. The fraction of sp³-hybridized carbons (Fsp3) is 1.00. The molecule has 0 aromatic carbocycles. The Morgan fingerprint density at radius 3 is 2.07 bits per heavy atom. The molecule has 1 nitrogen and oxygen atoms in total. The number of halogens is 1. The molecular formula is C11H25BrOSi. The molecule has 0 amide bonds. The summed E-state index contributed by atoms with van der Waals surface area (Å²) in [5.41, 5.74) is 0. The van der Waals surface area contributed by atoms with Crippen molar-refractivity contribution in [3.8, 4) is 0 Å². The molecule has 0 aromatic heterocycles. The van der Waals surface area contributed by atoms with Crippen LogP contribution in [-0.4, -0.2) is 25.1 Å². The average Bonchev–Trinajstić information content (AvgIpc) is 2.10. The Kier molecular flexibility index (Phi) is 6.58. The number of aliphatic hydroxyl groups is 1. The summed E-state index contributed by atoms with van der Waals surface area (Å²) in [6.07, 6.45) is 4.68. The first-order chi connectivity index (χ1) is 6.43. The maximum atomic E-state index is 8.96. The second-order valence-corrected chi connectivity index (χ2v) is 11.5. The van der Waals surface area contributed by atoms with Crippen LogP contribution in [0, 0.1) is 0 Å². The minimum absolute atomic E-state index is 0.342. The van der Waals surface area contributed by atoms with Crippen molar-refractivity contribution in [1.29, 1.82) is 0 Å². The molecule has 0 aliphatic rings. The molecule has 0 heterocycles. The van der Waals surface area contributed by atoms with E-state index >= 15 is 0 Å². The van der Waals surface area contributed by atoms with Gasteiger partial charge in [-0.3, -0.25) is 0 Å². The summed E-state index contributed by atoms with van der Waals surface area (Å²) < 4.78 is 0. The number of hydrogen-bond acceptors (Lipinski definition) is 1. The summed E-state index contributed by atoms with van der Waals surface area (Å²) in [5, 5.41) is 10.6. The quantitative estimate of drug-likeness (QED) is 0.551. The van der Waals surface area contributed by atoms with Gasteiger partial charge in [0.2, 0.25) is 0 Å². The Labute approximate surface area is 98.4 Å². The molecule has 86 valence electrons. The van der Waals surface area contributed by atoms with Gasteiger partial charge >= 0.3 is 0 Å². The predicted molar refractivity (Wildman–Crippen MR) is 71.1 cm³/mol. The van der Waals surface area contributed by atoms with E-state index in [1.54, 1.807) is 0 Å².